The fourth-order valence-electron chi connectivity index (χ4n) is 0. The molecule has 0 heterocycles. The number of rotatable bonds is 0. The van der Waals surface area contributed by atoms with Crippen LogP contribution in [-0.2, 0) is 9.13 Å². The van der Waals surface area contributed by atoms with Gasteiger partial charge in [0.1, 0.15) is 0 Å². The molecule has 0 aliphatic carbocycles. The molecule has 0 aliphatic heterocycles. The Kier molecular flexibility index (Phi) is 21.2. The average Bonchev–Trinajstić information content (AvgIpc) is 1.12. The van der Waals surface area contributed by atoms with Crippen molar-refractivity contribution >= 4 is 98.9 Å². The molecule has 0 radical (unpaired) electrons. The molecule has 0 atom stereocenters. The van der Waals surface area contributed by atoms with Gasteiger partial charge < -0.3 is 38.5 Å². The molecule has 0 rings (SSSR count). The Labute approximate surface area is 135 Å². The molecule has 64 valence electrons. The van der Waals surface area contributed by atoms with Gasteiger partial charge in [-0.05, 0) is 0 Å². The largest absolute Gasteiger partial charge is 2.00 e. The molecule has 0 bridgehead atoms. The van der Waals surface area contributed by atoms with E-state index in [1.165, 1.54) is 0 Å². The van der Waals surface area contributed by atoms with Gasteiger partial charge in [0.15, 0.2) is 0 Å². The first kappa shape index (κ1) is 24.3. The average molecular weight is 320 g/mol. The van der Waals surface area contributed by atoms with Crippen LogP contribution < -0.4 is 19.6 Å². The number of hydrogen-bond acceptors (Lipinski definition) is 6. The van der Waals surface area contributed by atoms with Gasteiger partial charge in [0.05, 0.1) is 15.6 Å². The van der Waals surface area contributed by atoms with Crippen LogP contribution in [0.2, 0.25) is 0 Å². The third kappa shape index (κ3) is 212. The standard InChI is InChI=1S/Ca.2H3O4P.Sr/c;2*1-5(2,3)4;/h;2*(H3,1,2,3,4);/q+2;;;+2/p-4. The Bertz CT molecular complexity index is 129. The second kappa shape index (κ2) is 10.5. The first-order valence-corrected chi connectivity index (χ1v) is 4.49. The monoisotopic (exact) mass is 320 g/mol. The van der Waals surface area contributed by atoms with Crippen molar-refractivity contribution in [1.82, 2.24) is 0 Å². The van der Waals surface area contributed by atoms with Gasteiger partial charge in [0.2, 0.25) is 0 Å². The Morgan fingerprint density at radius 3 is 0.833 bits per heavy atom. The first-order chi connectivity index (χ1) is 4.00. The summed E-state index contributed by atoms with van der Waals surface area (Å²) in [5.41, 5.74) is 0. The molecule has 0 fully saturated rings. The molecule has 0 aliphatic rings. The normalized spacial score (nSPS) is 9.83. The van der Waals surface area contributed by atoms with Gasteiger partial charge in [0, 0.05) is 0 Å². The van der Waals surface area contributed by atoms with Crippen molar-refractivity contribution in [2.24, 2.45) is 0 Å². The summed E-state index contributed by atoms with van der Waals surface area (Å²) in [5, 5.41) is 0. The van der Waals surface area contributed by atoms with Crippen LogP contribution in [-0.4, -0.2) is 93.0 Å². The van der Waals surface area contributed by atoms with Gasteiger partial charge in [-0.15, -0.1) is 0 Å². The van der Waals surface area contributed by atoms with Crippen LogP contribution in [0.25, 0.3) is 0 Å². The Morgan fingerprint density at radius 2 is 0.833 bits per heavy atom. The third-order valence-electron chi connectivity index (χ3n) is 0. The van der Waals surface area contributed by atoms with E-state index in [2.05, 4.69) is 0 Å². The fraction of sp³-hybridized carbons (Fsp3) is 0. The molecule has 0 aromatic heterocycles. The maximum absolute atomic E-state index is 8.66. The summed E-state index contributed by atoms with van der Waals surface area (Å²) >= 11 is 0. The first-order valence-electron chi connectivity index (χ1n) is 1.50. The maximum Gasteiger partial charge on any atom is 2.00 e. The van der Waals surface area contributed by atoms with Crippen LogP contribution in [0.5, 0.6) is 0 Å². The van der Waals surface area contributed by atoms with Crippen LogP contribution >= 0.6 is 15.6 Å². The molecule has 0 unspecified atom stereocenters. The van der Waals surface area contributed by atoms with Crippen LogP contribution in [0, 0.1) is 0 Å². The molecule has 2 N–H and O–H groups in total. The summed E-state index contributed by atoms with van der Waals surface area (Å²) in [7, 11) is -10.3. The maximum atomic E-state index is 8.66. The van der Waals surface area contributed by atoms with Crippen molar-refractivity contribution in [2.75, 3.05) is 0 Å². The zero-order valence-corrected chi connectivity index (χ0v) is 13.1. The minimum Gasteiger partial charge on any atom is -0.790 e. The van der Waals surface area contributed by atoms with Crippen molar-refractivity contribution in [3.8, 4) is 0 Å². The van der Waals surface area contributed by atoms with Gasteiger partial charge in [0.25, 0.3) is 0 Å². The number of phosphoric acid groups is 2. The summed E-state index contributed by atoms with van der Waals surface area (Å²) in [6, 6.07) is 0. The van der Waals surface area contributed by atoms with E-state index < -0.39 is 15.6 Å². The van der Waals surface area contributed by atoms with Gasteiger partial charge in [-0.25, -0.2) is 0 Å². The Balaban J connectivity index is -0.0000000457. The number of hydrogen-bond donors (Lipinski definition) is 2. The smallest absolute Gasteiger partial charge is 0.790 e. The van der Waals surface area contributed by atoms with Gasteiger partial charge in [-0.1, -0.05) is 0 Å². The Morgan fingerprint density at radius 1 is 0.833 bits per heavy atom. The van der Waals surface area contributed by atoms with Crippen molar-refractivity contribution in [1.29, 1.82) is 0 Å². The molecule has 0 aromatic rings. The van der Waals surface area contributed by atoms with Gasteiger partial charge in [-0.2, -0.15) is 0 Å². The molecule has 8 nitrogen and oxygen atoms in total. The zero-order chi connectivity index (χ0) is 9.00. The van der Waals surface area contributed by atoms with Crippen molar-refractivity contribution in [3.63, 3.8) is 0 Å². The topological polar surface area (TPSA) is 167 Å². The van der Waals surface area contributed by atoms with E-state index in [1.54, 1.807) is 0 Å². The molecule has 0 saturated carbocycles. The van der Waals surface area contributed by atoms with Crippen LogP contribution in [0.15, 0.2) is 0 Å². The third-order valence-corrected chi connectivity index (χ3v) is 0. The van der Waals surface area contributed by atoms with Gasteiger partial charge >= 0.3 is 83.2 Å². The molecule has 12 heavy (non-hydrogen) atoms. The second-order valence-corrected chi connectivity index (χ2v) is 2.81. The quantitative estimate of drug-likeness (QED) is 0.330. The molecular weight excluding hydrogens is 318 g/mol. The second-order valence-electron chi connectivity index (χ2n) is 0.937. The SMILES string of the molecule is O=P([O-])([O-])O.O=P([O-])([O-])O.[Ca+2].[Sr+2]. The minimum atomic E-state index is -5.14. The predicted molar refractivity (Wildman–Crippen MR) is 31.2 cm³/mol. The van der Waals surface area contributed by atoms with Crippen molar-refractivity contribution in [2.45, 2.75) is 0 Å². The molecule has 0 aromatic carbocycles. The molecule has 0 amide bonds. The van der Waals surface area contributed by atoms with Crippen molar-refractivity contribution < 1.29 is 38.5 Å². The van der Waals surface area contributed by atoms with Gasteiger partial charge in [-0.3, -0.25) is 0 Å². The fourth-order valence-corrected chi connectivity index (χ4v) is 0. The molecule has 12 heteroatoms. The van der Waals surface area contributed by atoms with E-state index in [0.717, 1.165) is 0 Å². The minimum absolute atomic E-state index is 0. The van der Waals surface area contributed by atoms with E-state index in [1.807, 2.05) is 0 Å². The molecular formula is H2CaO8P2Sr. The molecule has 0 saturated heterocycles. The zero-order valence-electron chi connectivity index (χ0n) is 5.65. The van der Waals surface area contributed by atoms with Crippen LogP contribution in [0.4, 0.5) is 0 Å². The Hall–Kier alpha value is 2.96. The van der Waals surface area contributed by atoms with E-state index in [4.69, 9.17) is 38.5 Å². The van der Waals surface area contributed by atoms with E-state index in [0.29, 0.717) is 0 Å². The summed E-state index contributed by atoms with van der Waals surface area (Å²) in [6.45, 7) is 0. The van der Waals surface area contributed by atoms with Crippen LogP contribution in [0.3, 0.4) is 0 Å². The van der Waals surface area contributed by atoms with Crippen LogP contribution in [0.1, 0.15) is 0 Å². The summed E-state index contributed by atoms with van der Waals surface area (Å²) in [6.07, 6.45) is 0. The predicted octanol–water partition coefficient (Wildman–Crippen LogP) is -5.15. The van der Waals surface area contributed by atoms with E-state index >= 15 is 0 Å². The van der Waals surface area contributed by atoms with E-state index in [9.17, 15) is 0 Å². The summed E-state index contributed by atoms with van der Waals surface area (Å²) in [5.74, 6) is 0. The van der Waals surface area contributed by atoms with Crippen molar-refractivity contribution in [3.05, 3.63) is 0 Å². The summed E-state index contributed by atoms with van der Waals surface area (Å²) in [4.78, 5) is 48.6. The van der Waals surface area contributed by atoms with E-state index in [-0.39, 0.29) is 83.2 Å². The summed E-state index contributed by atoms with van der Waals surface area (Å²) < 4.78 is 17.3. The molecule has 0 spiro atoms.